The molecule has 1 unspecified atom stereocenters. The molecule has 1 heterocycles. The summed E-state index contributed by atoms with van der Waals surface area (Å²) < 4.78 is 5.47. The predicted molar refractivity (Wildman–Crippen MR) is 92.5 cm³/mol. The van der Waals surface area contributed by atoms with Gasteiger partial charge in [-0.2, -0.15) is 0 Å². The highest BCUT2D eigenvalue weighted by Gasteiger charge is 2.21. The Morgan fingerprint density at radius 2 is 1.83 bits per heavy atom. The molecule has 24 heavy (non-hydrogen) atoms. The highest BCUT2D eigenvalue weighted by molar-refractivity contribution is 6.30. The Kier molecular flexibility index (Phi) is 4.71. The topological polar surface area (TPSA) is 58.6 Å². The fraction of sp³-hybridized carbons (Fsp3) is 0.222. The Hall–Kier alpha value is -2.53. The van der Waals surface area contributed by atoms with Gasteiger partial charge in [0.05, 0.1) is 5.56 Å². The van der Waals surface area contributed by atoms with Crippen LogP contribution in [0.5, 0.6) is 0 Å². The number of carbonyl (C=O) groups is 2. The summed E-state index contributed by atoms with van der Waals surface area (Å²) in [5.74, 6) is -0.408. The fourth-order valence-electron chi connectivity index (χ4n) is 2.53. The molecular weight excluding hydrogens is 328 g/mol. The lowest BCUT2D eigenvalue weighted by molar-refractivity contribution is 0.0338. The molecule has 124 valence electrons. The van der Waals surface area contributed by atoms with E-state index in [9.17, 15) is 9.59 Å². The molecule has 3 rings (SSSR count). The zero-order valence-electron chi connectivity index (χ0n) is 13.2. The van der Waals surface area contributed by atoms with Crippen molar-refractivity contribution in [2.75, 3.05) is 18.0 Å². The normalized spacial score (nSPS) is 15.1. The standard InChI is InChI=1S/C18H17ClN2O3/c1-12(13-2-6-15(19)7-3-13)24-17(22)14-4-8-16(9-5-14)21-11-10-20-18(21)23/h2-9,12H,10-11H2,1H3,(H,20,23). The average Bonchev–Trinajstić information content (AvgIpc) is 3.01. The van der Waals surface area contributed by atoms with Gasteiger partial charge in [0.1, 0.15) is 6.10 Å². The number of esters is 1. The second-order valence-electron chi connectivity index (χ2n) is 5.53. The first-order valence-electron chi connectivity index (χ1n) is 7.66. The molecule has 1 saturated heterocycles. The number of hydrogen-bond acceptors (Lipinski definition) is 3. The van der Waals surface area contributed by atoms with Gasteiger partial charge in [0.2, 0.25) is 0 Å². The van der Waals surface area contributed by atoms with Gasteiger partial charge in [-0.15, -0.1) is 0 Å². The van der Waals surface area contributed by atoms with Crippen molar-refractivity contribution in [2.45, 2.75) is 13.0 Å². The van der Waals surface area contributed by atoms with Crippen molar-refractivity contribution in [3.8, 4) is 0 Å². The smallest absolute Gasteiger partial charge is 0.338 e. The van der Waals surface area contributed by atoms with Crippen molar-refractivity contribution in [1.82, 2.24) is 5.32 Å². The number of rotatable bonds is 4. The van der Waals surface area contributed by atoms with E-state index in [4.69, 9.17) is 16.3 Å². The molecule has 2 aromatic rings. The Balaban J connectivity index is 1.66. The molecule has 1 atom stereocenters. The van der Waals surface area contributed by atoms with Crippen LogP contribution >= 0.6 is 11.6 Å². The first-order chi connectivity index (χ1) is 11.5. The van der Waals surface area contributed by atoms with Gasteiger partial charge in [-0.3, -0.25) is 4.90 Å². The lowest BCUT2D eigenvalue weighted by atomic mass is 10.1. The SMILES string of the molecule is CC(OC(=O)c1ccc(N2CCNC2=O)cc1)c1ccc(Cl)cc1. The number of ether oxygens (including phenoxy) is 1. The molecule has 0 aliphatic carbocycles. The predicted octanol–water partition coefficient (Wildman–Crippen LogP) is 3.79. The van der Waals surface area contributed by atoms with E-state index < -0.39 is 5.97 Å². The van der Waals surface area contributed by atoms with Crippen LogP contribution in [0.25, 0.3) is 0 Å². The minimum atomic E-state index is -0.408. The summed E-state index contributed by atoms with van der Waals surface area (Å²) in [6.07, 6.45) is -0.376. The number of halogens is 1. The summed E-state index contributed by atoms with van der Waals surface area (Å²) in [4.78, 5) is 25.5. The van der Waals surface area contributed by atoms with Crippen LogP contribution in [0.2, 0.25) is 5.02 Å². The molecule has 5 nitrogen and oxygen atoms in total. The minimum Gasteiger partial charge on any atom is -0.454 e. The maximum atomic E-state index is 12.3. The quantitative estimate of drug-likeness (QED) is 0.858. The highest BCUT2D eigenvalue weighted by Crippen LogP contribution is 2.22. The van der Waals surface area contributed by atoms with Gasteiger partial charge in [-0.25, -0.2) is 9.59 Å². The number of urea groups is 1. The molecule has 1 aliphatic rings. The van der Waals surface area contributed by atoms with Crippen LogP contribution in [-0.2, 0) is 4.74 Å². The van der Waals surface area contributed by atoms with Crippen LogP contribution in [0.15, 0.2) is 48.5 Å². The summed E-state index contributed by atoms with van der Waals surface area (Å²) in [6, 6.07) is 13.9. The van der Waals surface area contributed by atoms with Gasteiger partial charge in [0.15, 0.2) is 0 Å². The zero-order valence-corrected chi connectivity index (χ0v) is 13.9. The summed E-state index contributed by atoms with van der Waals surface area (Å²) in [5.41, 5.74) is 2.07. The largest absolute Gasteiger partial charge is 0.454 e. The maximum Gasteiger partial charge on any atom is 0.338 e. The molecule has 1 aliphatic heterocycles. The molecule has 2 amide bonds. The maximum absolute atomic E-state index is 12.3. The van der Waals surface area contributed by atoms with E-state index in [2.05, 4.69) is 5.32 Å². The summed E-state index contributed by atoms with van der Waals surface area (Å²) >= 11 is 5.86. The van der Waals surface area contributed by atoms with Gasteiger partial charge in [-0.1, -0.05) is 23.7 Å². The van der Waals surface area contributed by atoms with Gasteiger partial charge >= 0.3 is 12.0 Å². The van der Waals surface area contributed by atoms with Crippen LogP contribution in [0.4, 0.5) is 10.5 Å². The van der Waals surface area contributed by atoms with Crippen molar-refractivity contribution in [3.63, 3.8) is 0 Å². The second-order valence-corrected chi connectivity index (χ2v) is 5.97. The van der Waals surface area contributed by atoms with Crippen molar-refractivity contribution in [3.05, 3.63) is 64.7 Å². The van der Waals surface area contributed by atoms with Crippen LogP contribution in [0.1, 0.15) is 28.9 Å². The number of nitrogens with zero attached hydrogens (tertiary/aromatic N) is 1. The summed E-state index contributed by atoms with van der Waals surface area (Å²) in [5, 5.41) is 3.38. The van der Waals surface area contributed by atoms with E-state index in [1.54, 1.807) is 41.3 Å². The molecule has 0 aromatic heterocycles. The van der Waals surface area contributed by atoms with E-state index in [0.717, 1.165) is 11.3 Å². The van der Waals surface area contributed by atoms with Gasteiger partial charge in [0, 0.05) is 23.8 Å². The van der Waals surface area contributed by atoms with Crippen LogP contribution < -0.4 is 10.2 Å². The third-order valence-corrected chi connectivity index (χ3v) is 4.15. The number of amides is 2. The first-order valence-corrected chi connectivity index (χ1v) is 8.04. The zero-order chi connectivity index (χ0) is 17.1. The number of carbonyl (C=O) groups excluding carboxylic acids is 2. The summed E-state index contributed by atoms with van der Waals surface area (Å²) in [7, 11) is 0. The molecule has 1 fully saturated rings. The van der Waals surface area contributed by atoms with E-state index in [1.807, 2.05) is 19.1 Å². The van der Waals surface area contributed by atoms with Gasteiger partial charge in [0.25, 0.3) is 0 Å². The Labute approximate surface area is 145 Å². The average molecular weight is 345 g/mol. The van der Waals surface area contributed by atoms with Crippen molar-refractivity contribution in [1.29, 1.82) is 0 Å². The molecule has 0 saturated carbocycles. The van der Waals surface area contributed by atoms with E-state index >= 15 is 0 Å². The molecule has 6 heteroatoms. The van der Waals surface area contributed by atoms with Crippen LogP contribution in [0, 0.1) is 0 Å². The lowest BCUT2D eigenvalue weighted by Crippen LogP contribution is -2.27. The highest BCUT2D eigenvalue weighted by atomic mass is 35.5. The van der Waals surface area contributed by atoms with Crippen molar-refractivity contribution in [2.24, 2.45) is 0 Å². The number of hydrogen-bond donors (Lipinski definition) is 1. The van der Waals surface area contributed by atoms with Gasteiger partial charge < -0.3 is 10.1 Å². The second kappa shape index (κ2) is 6.93. The Bertz CT molecular complexity index is 744. The third-order valence-electron chi connectivity index (χ3n) is 3.89. The molecule has 0 radical (unpaired) electrons. The Morgan fingerprint density at radius 3 is 2.42 bits per heavy atom. The van der Waals surface area contributed by atoms with Gasteiger partial charge in [-0.05, 0) is 48.9 Å². The molecule has 1 N–H and O–H groups in total. The molecule has 2 aromatic carbocycles. The number of benzene rings is 2. The fourth-order valence-corrected chi connectivity index (χ4v) is 2.65. The third kappa shape index (κ3) is 3.51. The molecule has 0 bridgehead atoms. The van der Waals surface area contributed by atoms with Crippen LogP contribution in [-0.4, -0.2) is 25.1 Å². The number of anilines is 1. The Morgan fingerprint density at radius 1 is 1.17 bits per heavy atom. The van der Waals surface area contributed by atoms with E-state index in [1.165, 1.54) is 0 Å². The van der Waals surface area contributed by atoms with E-state index in [-0.39, 0.29) is 12.1 Å². The van der Waals surface area contributed by atoms with Crippen LogP contribution in [0.3, 0.4) is 0 Å². The lowest BCUT2D eigenvalue weighted by Gasteiger charge is -2.16. The minimum absolute atomic E-state index is 0.123. The van der Waals surface area contributed by atoms with E-state index in [0.29, 0.717) is 23.7 Å². The molecule has 0 spiro atoms. The van der Waals surface area contributed by atoms with Crippen molar-refractivity contribution < 1.29 is 14.3 Å². The number of nitrogens with one attached hydrogen (secondary N) is 1. The van der Waals surface area contributed by atoms with Crippen molar-refractivity contribution >= 4 is 29.3 Å². The monoisotopic (exact) mass is 344 g/mol. The first kappa shape index (κ1) is 16.3. The summed E-state index contributed by atoms with van der Waals surface area (Å²) in [6.45, 7) is 3.06. The molecular formula is C18H17ClN2O3.